The molecular formula is C25H26N4O3S. The Hall–Kier alpha value is -3.39. The predicted octanol–water partition coefficient (Wildman–Crippen LogP) is 5.45. The molecule has 0 spiro atoms. The summed E-state index contributed by atoms with van der Waals surface area (Å²) in [5.41, 5.74) is 3.87. The minimum atomic E-state index is -0.0679. The van der Waals surface area contributed by atoms with Crippen molar-refractivity contribution in [2.45, 2.75) is 39.5 Å². The van der Waals surface area contributed by atoms with E-state index in [4.69, 9.17) is 19.6 Å². The molecule has 0 fully saturated rings. The van der Waals surface area contributed by atoms with Crippen molar-refractivity contribution in [2.24, 2.45) is 0 Å². The number of thiazole rings is 1. The summed E-state index contributed by atoms with van der Waals surface area (Å²) in [4.78, 5) is 17.5. The van der Waals surface area contributed by atoms with Crippen LogP contribution in [-0.2, 0) is 4.79 Å². The molecule has 5 rings (SSSR count). The summed E-state index contributed by atoms with van der Waals surface area (Å²) in [6, 6.07) is 13.9. The molecule has 4 aromatic rings. The van der Waals surface area contributed by atoms with Crippen molar-refractivity contribution in [1.29, 1.82) is 0 Å². The third-order valence-electron chi connectivity index (χ3n) is 5.70. The molecule has 0 aliphatic carbocycles. The molecule has 1 aliphatic heterocycles. The topological polar surface area (TPSA) is 78.3 Å². The van der Waals surface area contributed by atoms with Gasteiger partial charge in [0.2, 0.25) is 11.0 Å². The van der Waals surface area contributed by atoms with Crippen LogP contribution < -0.4 is 14.8 Å². The molecule has 2 aromatic heterocycles. The normalized spacial score (nSPS) is 15.4. The molecule has 1 atom stereocenters. The lowest BCUT2D eigenvalue weighted by Gasteiger charge is -2.24. The number of hydrogen-bond donors (Lipinski definition) is 1. The van der Waals surface area contributed by atoms with Crippen molar-refractivity contribution in [3.63, 3.8) is 0 Å². The number of benzene rings is 2. The molecule has 1 aliphatic rings. The second kappa shape index (κ2) is 8.86. The molecule has 33 heavy (non-hydrogen) atoms. The highest BCUT2D eigenvalue weighted by Gasteiger charge is 2.33. The summed E-state index contributed by atoms with van der Waals surface area (Å²) in [5.74, 6) is 2.26. The van der Waals surface area contributed by atoms with E-state index in [1.165, 1.54) is 11.3 Å². The van der Waals surface area contributed by atoms with Crippen molar-refractivity contribution in [2.75, 3.05) is 18.5 Å². The van der Waals surface area contributed by atoms with Crippen LogP contribution in [0.4, 0.5) is 5.82 Å². The zero-order valence-corrected chi connectivity index (χ0v) is 19.7. The largest absolute Gasteiger partial charge is 0.494 e. The van der Waals surface area contributed by atoms with Crippen LogP contribution >= 0.6 is 11.3 Å². The van der Waals surface area contributed by atoms with E-state index in [2.05, 4.69) is 12.2 Å². The number of amides is 1. The number of ether oxygens (including phenoxy) is 2. The second-order valence-corrected chi connectivity index (χ2v) is 9.05. The maximum Gasteiger partial charge on any atom is 0.226 e. The fourth-order valence-corrected chi connectivity index (χ4v) is 5.18. The Kier molecular flexibility index (Phi) is 5.76. The summed E-state index contributed by atoms with van der Waals surface area (Å²) in [7, 11) is 0. The van der Waals surface area contributed by atoms with Crippen LogP contribution in [-0.4, -0.2) is 33.9 Å². The summed E-state index contributed by atoms with van der Waals surface area (Å²) >= 11 is 1.53. The molecule has 1 N–H and O–H groups in total. The number of nitrogens with one attached hydrogen (secondary N) is 1. The van der Waals surface area contributed by atoms with Crippen LogP contribution in [0.25, 0.3) is 15.3 Å². The lowest BCUT2D eigenvalue weighted by molar-refractivity contribution is -0.116. The van der Waals surface area contributed by atoms with Gasteiger partial charge in [0, 0.05) is 17.9 Å². The average molecular weight is 463 g/mol. The number of anilines is 1. The highest BCUT2D eigenvalue weighted by molar-refractivity contribution is 7.20. The number of carbonyl (C=O) groups excluding carboxylic acids is 1. The number of hydrogen-bond acceptors (Lipinski definition) is 6. The summed E-state index contributed by atoms with van der Waals surface area (Å²) < 4.78 is 14.1. The monoisotopic (exact) mass is 462 g/mol. The number of carbonyl (C=O) groups is 1. The van der Waals surface area contributed by atoms with E-state index in [1.54, 1.807) is 4.68 Å². The minimum absolute atomic E-state index is 0.0281. The quantitative estimate of drug-likeness (QED) is 0.395. The minimum Gasteiger partial charge on any atom is -0.494 e. The highest BCUT2D eigenvalue weighted by atomic mass is 32.1. The Morgan fingerprint density at radius 2 is 1.91 bits per heavy atom. The summed E-state index contributed by atoms with van der Waals surface area (Å²) in [6.45, 7) is 7.34. The second-order valence-electron chi connectivity index (χ2n) is 8.04. The van der Waals surface area contributed by atoms with Gasteiger partial charge in [0.1, 0.15) is 17.3 Å². The lowest BCUT2D eigenvalue weighted by Crippen LogP contribution is -2.24. The Labute approximate surface area is 196 Å². The van der Waals surface area contributed by atoms with E-state index < -0.39 is 0 Å². The fraction of sp³-hybridized carbons (Fsp3) is 0.320. The highest BCUT2D eigenvalue weighted by Crippen LogP contribution is 2.41. The molecule has 1 amide bonds. The van der Waals surface area contributed by atoms with Crippen LogP contribution in [0.3, 0.4) is 0 Å². The zero-order chi connectivity index (χ0) is 22.9. The molecule has 0 saturated carbocycles. The third kappa shape index (κ3) is 4.06. The molecular weight excluding hydrogens is 436 g/mol. The van der Waals surface area contributed by atoms with E-state index in [0.717, 1.165) is 45.0 Å². The van der Waals surface area contributed by atoms with Crippen LogP contribution in [0, 0.1) is 6.92 Å². The van der Waals surface area contributed by atoms with Crippen molar-refractivity contribution < 1.29 is 14.3 Å². The van der Waals surface area contributed by atoms with Gasteiger partial charge in [-0.2, -0.15) is 9.78 Å². The molecule has 0 saturated heterocycles. The van der Waals surface area contributed by atoms with E-state index in [1.807, 2.05) is 56.3 Å². The standard InChI is InChI=1S/C25H26N4O3S/c1-4-12-32-17-8-6-16(7-9-17)19-14-22(30)27-24-23(19)15(3)28-29(24)25-26-20-11-10-18(31-5-2)13-21(20)33-25/h6-11,13,19H,4-5,12,14H2,1-3H3,(H,27,30). The number of aromatic nitrogens is 3. The fourth-order valence-electron chi connectivity index (χ4n) is 4.23. The first-order chi connectivity index (χ1) is 16.1. The SMILES string of the molecule is CCCOc1ccc(C2CC(=O)Nc3c2c(C)nn3-c2nc3ccc(OCC)cc3s2)cc1. The molecule has 8 heteroatoms. The van der Waals surface area contributed by atoms with E-state index in [-0.39, 0.29) is 11.8 Å². The Morgan fingerprint density at radius 3 is 2.67 bits per heavy atom. The zero-order valence-electron chi connectivity index (χ0n) is 18.9. The van der Waals surface area contributed by atoms with E-state index in [9.17, 15) is 4.79 Å². The summed E-state index contributed by atoms with van der Waals surface area (Å²) in [6.07, 6.45) is 1.34. The van der Waals surface area contributed by atoms with Crippen LogP contribution in [0.5, 0.6) is 11.5 Å². The molecule has 3 heterocycles. The molecule has 7 nitrogen and oxygen atoms in total. The van der Waals surface area contributed by atoms with Gasteiger partial charge in [-0.3, -0.25) is 4.79 Å². The van der Waals surface area contributed by atoms with Gasteiger partial charge >= 0.3 is 0 Å². The van der Waals surface area contributed by atoms with Crippen molar-refractivity contribution >= 4 is 33.3 Å². The molecule has 170 valence electrons. The van der Waals surface area contributed by atoms with Gasteiger partial charge in [-0.05, 0) is 56.2 Å². The maximum atomic E-state index is 12.7. The van der Waals surface area contributed by atoms with Crippen LogP contribution in [0.15, 0.2) is 42.5 Å². The van der Waals surface area contributed by atoms with Gasteiger partial charge < -0.3 is 14.8 Å². The molecule has 0 radical (unpaired) electrons. The first-order valence-corrected chi connectivity index (χ1v) is 12.0. The first kappa shape index (κ1) is 21.5. The third-order valence-corrected chi connectivity index (χ3v) is 6.69. The van der Waals surface area contributed by atoms with Crippen molar-refractivity contribution in [3.8, 4) is 16.6 Å². The number of nitrogens with zero attached hydrogens (tertiary/aromatic N) is 3. The number of aryl methyl sites for hydroxylation is 1. The first-order valence-electron chi connectivity index (χ1n) is 11.2. The lowest BCUT2D eigenvalue weighted by atomic mass is 9.86. The maximum absolute atomic E-state index is 12.7. The van der Waals surface area contributed by atoms with Crippen molar-refractivity contribution in [3.05, 3.63) is 59.3 Å². The predicted molar refractivity (Wildman–Crippen MR) is 130 cm³/mol. The molecule has 1 unspecified atom stereocenters. The van der Waals surface area contributed by atoms with Gasteiger partial charge in [0.15, 0.2) is 0 Å². The summed E-state index contributed by atoms with van der Waals surface area (Å²) in [5, 5.41) is 8.54. The Morgan fingerprint density at radius 1 is 1.12 bits per heavy atom. The van der Waals surface area contributed by atoms with Gasteiger partial charge in [-0.1, -0.05) is 30.4 Å². The van der Waals surface area contributed by atoms with Gasteiger partial charge in [-0.25, -0.2) is 4.98 Å². The van der Waals surface area contributed by atoms with Crippen molar-refractivity contribution in [1.82, 2.24) is 14.8 Å². The van der Waals surface area contributed by atoms with E-state index >= 15 is 0 Å². The van der Waals surface area contributed by atoms with Gasteiger partial charge in [0.05, 0.1) is 29.1 Å². The van der Waals surface area contributed by atoms with Crippen LogP contribution in [0.2, 0.25) is 0 Å². The van der Waals surface area contributed by atoms with Crippen LogP contribution in [0.1, 0.15) is 49.4 Å². The smallest absolute Gasteiger partial charge is 0.226 e. The number of rotatable bonds is 7. The molecule has 2 aromatic carbocycles. The Bertz CT molecular complexity index is 1310. The molecule has 0 bridgehead atoms. The van der Waals surface area contributed by atoms with Gasteiger partial charge in [0.25, 0.3) is 0 Å². The Balaban J connectivity index is 1.53. The number of fused-ring (bicyclic) bond motifs is 2. The average Bonchev–Trinajstić information content (AvgIpc) is 3.38. The van der Waals surface area contributed by atoms with Gasteiger partial charge in [-0.15, -0.1) is 0 Å². The van der Waals surface area contributed by atoms with E-state index in [0.29, 0.717) is 30.6 Å².